The van der Waals surface area contributed by atoms with Crippen molar-refractivity contribution in [3.8, 4) is 45.2 Å². The largest absolute Gasteiger partial charge is 0.507 e. The third-order valence-electron chi connectivity index (χ3n) is 8.40. The van der Waals surface area contributed by atoms with E-state index in [1.807, 2.05) is 72.9 Å². The molecular formula is C40H30N3O2Pt-. The molecule has 0 saturated carbocycles. The van der Waals surface area contributed by atoms with Gasteiger partial charge in [0.05, 0.1) is 16.6 Å². The molecule has 0 aliphatic heterocycles. The van der Waals surface area contributed by atoms with Gasteiger partial charge in [0.15, 0.2) is 0 Å². The second kappa shape index (κ2) is 11.4. The zero-order valence-electron chi connectivity index (χ0n) is 25.6. The van der Waals surface area contributed by atoms with Gasteiger partial charge in [0, 0.05) is 49.4 Å². The number of aromatic hydroxyl groups is 1. The molecular weight excluding hydrogens is 750 g/mol. The topological polar surface area (TPSA) is 64.1 Å². The Balaban J connectivity index is 0.00000338. The number of furan rings is 1. The number of para-hydroxylation sites is 3. The van der Waals surface area contributed by atoms with E-state index < -0.39 is 0 Å². The second-order valence-electron chi connectivity index (χ2n) is 12.4. The van der Waals surface area contributed by atoms with Crippen LogP contribution in [0.25, 0.3) is 72.4 Å². The Kier molecular flexibility index (Phi) is 7.38. The number of fused-ring (bicyclic) bond motifs is 4. The Labute approximate surface area is 281 Å². The van der Waals surface area contributed by atoms with Crippen molar-refractivity contribution < 1.29 is 30.6 Å². The molecule has 1 N–H and O–H groups in total. The van der Waals surface area contributed by atoms with Gasteiger partial charge in [-0.2, -0.15) is 0 Å². The number of imidazole rings is 1. The van der Waals surface area contributed by atoms with Gasteiger partial charge < -0.3 is 9.52 Å². The number of phenolic OH excluding ortho intramolecular Hbond substituents is 1. The molecule has 0 spiro atoms. The maximum atomic E-state index is 11.5. The first-order valence-corrected chi connectivity index (χ1v) is 15.1. The molecule has 6 heteroatoms. The smallest absolute Gasteiger partial charge is 0.148 e. The van der Waals surface area contributed by atoms with Gasteiger partial charge in [0.1, 0.15) is 22.7 Å². The molecule has 3 heterocycles. The summed E-state index contributed by atoms with van der Waals surface area (Å²) in [6, 6.07) is 41.9. The van der Waals surface area contributed by atoms with E-state index in [0.29, 0.717) is 17.0 Å². The number of aromatic nitrogens is 3. The zero-order chi connectivity index (χ0) is 30.7. The fourth-order valence-electron chi connectivity index (χ4n) is 6.08. The van der Waals surface area contributed by atoms with E-state index in [-0.39, 0.29) is 32.2 Å². The minimum Gasteiger partial charge on any atom is -0.507 e. The molecule has 5 aromatic carbocycles. The van der Waals surface area contributed by atoms with Crippen LogP contribution in [0.1, 0.15) is 26.3 Å². The van der Waals surface area contributed by atoms with Crippen LogP contribution in [-0.4, -0.2) is 19.6 Å². The predicted molar refractivity (Wildman–Crippen MR) is 182 cm³/mol. The summed E-state index contributed by atoms with van der Waals surface area (Å²) >= 11 is 0. The fraction of sp³-hybridized carbons (Fsp3) is 0.100. The molecule has 0 aliphatic carbocycles. The van der Waals surface area contributed by atoms with Crippen LogP contribution >= 0.6 is 0 Å². The van der Waals surface area contributed by atoms with Crippen molar-refractivity contribution >= 4 is 33.0 Å². The van der Waals surface area contributed by atoms with E-state index in [9.17, 15) is 5.11 Å². The summed E-state index contributed by atoms with van der Waals surface area (Å²) in [6.07, 6.45) is 1.81. The van der Waals surface area contributed by atoms with E-state index in [1.54, 1.807) is 6.07 Å². The zero-order valence-corrected chi connectivity index (χ0v) is 27.8. The molecule has 228 valence electrons. The summed E-state index contributed by atoms with van der Waals surface area (Å²) in [6.45, 7) is 6.65. The van der Waals surface area contributed by atoms with E-state index in [0.717, 1.165) is 55.5 Å². The molecule has 0 unspecified atom stereocenters. The number of hydrogen-bond donors (Lipinski definition) is 1. The Hall–Kier alpha value is -4.99. The molecule has 0 bridgehead atoms. The van der Waals surface area contributed by atoms with Gasteiger partial charge >= 0.3 is 0 Å². The van der Waals surface area contributed by atoms with Crippen molar-refractivity contribution in [2.45, 2.75) is 26.2 Å². The van der Waals surface area contributed by atoms with Gasteiger partial charge in [-0.3, -0.25) is 9.55 Å². The Bertz CT molecular complexity index is 2370. The monoisotopic (exact) mass is 779 g/mol. The van der Waals surface area contributed by atoms with Crippen LogP contribution in [0.2, 0.25) is 0 Å². The first kappa shape index (κ1) is 29.7. The molecule has 0 aliphatic rings. The Morgan fingerprint density at radius 3 is 2.26 bits per heavy atom. The van der Waals surface area contributed by atoms with Crippen LogP contribution in [0.5, 0.6) is 5.75 Å². The minimum atomic E-state index is -0.0936. The number of pyridine rings is 1. The van der Waals surface area contributed by atoms with E-state index in [1.165, 1.54) is 5.56 Å². The van der Waals surface area contributed by atoms with Crippen molar-refractivity contribution in [3.63, 3.8) is 0 Å². The molecule has 0 amide bonds. The van der Waals surface area contributed by atoms with Crippen molar-refractivity contribution in [3.05, 3.63) is 133 Å². The van der Waals surface area contributed by atoms with Crippen molar-refractivity contribution in [2.24, 2.45) is 0 Å². The third kappa shape index (κ3) is 5.01. The maximum Gasteiger partial charge on any atom is 0.148 e. The molecule has 0 saturated heterocycles. The quantitative estimate of drug-likeness (QED) is 0.181. The number of rotatable bonds is 4. The van der Waals surface area contributed by atoms with E-state index in [4.69, 9.17) is 9.40 Å². The van der Waals surface area contributed by atoms with Crippen molar-refractivity contribution in [1.82, 2.24) is 14.5 Å². The molecule has 0 fully saturated rings. The van der Waals surface area contributed by atoms with E-state index >= 15 is 0 Å². The van der Waals surface area contributed by atoms with Crippen LogP contribution in [-0.2, 0) is 26.5 Å². The molecule has 46 heavy (non-hydrogen) atoms. The summed E-state index contributed by atoms with van der Waals surface area (Å²) in [5.74, 6) is 0.766. The van der Waals surface area contributed by atoms with Gasteiger partial charge in [-0.25, -0.2) is 4.98 Å². The van der Waals surface area contributed by atoms with Crippen LogP contribution in [0.4, 0.5) is 0 Å². The average molecular weight is 780 g/mol. The van der Waals surface area contributed by atoms with Gasteiger partial charge in [-0.15, -0.1) is 29.3 Å². The van der Waals surface area contributed by atoms with Gasteiger partial charge in [-0.1, -0.05) is 92.6 Å². The summed E-state index contributed by atoms with van der Waals surface area (Å²) in [7, 11) is 0. The molecule has 8 rings (SSSR count). The minimum absolute atomic E-state index is 0. The van der Waals surface area contributed by atoms with Crippen LogP contribution in [0.3, 0.4) is 0 Å². The number of hydrogen-bond acceptors (Lipinski definition) is 4. The van der Waals surface area contributed by atoms with Crippen LogP contribution in [0.15, 0.2) is 126 Å². The third-order valence-corrected chi connectivity index (χ3v) is 8.40. The first-order valence-electron chi connectivity index (χ1n) is 15.1. The number of benzene rings is 5. The summed E-state index contributed by atoms with van der Waals surface area (Å²) in [5.41, 5.74) is 9.54. The number of nitrogens with zero attached hydrogens (tertiary/aromatic N) is 3. The molecule has 5 nitrogen and oxygen atoms in total. The average Bonchev–Trinajstić information content (AvgIpc) is 3.63. The van der Waals surface area contributed by atoms with Gasteiger partial charge in [-0.05, 0) is 47.9 Å². The van der Waals surface area contributed by atoms with Crippen LogP contribution < -0.4 is 0 Å². The first-order chi connectivity index (χ1) is 21.8. The SMILES string of the molecule is CC(C)(C)c1cc(-c2ccccn2)[c-]c(-c2cccc3c2nc(-c2cc4oc5ccccc5c4cc2O)n3-c2ccccc2)c1.[Pt]. The fourth-order valence-corrected chi connectivity index (χ4v) is 6.08. The maximum absolute atomic E-state index is 11.5. The number of phenols is 1. The Morgan fingerprint density at radius 2 is 1.48 bits per heavy atom. The predicted octanol–water partition coefficient (Wildman–Crippen LogP) is 10.1. The van der Waals surface area contributed by atoms with Crippen molar-refractivity contribution in [2.75, 3.05) is 0 Å². The van der Waals surface area contributed by atoms with Crippen LogP contribution in [0, 0.1) is 6.07 Å². The summed E-state index contributed by atoms with van der Waals surface area (Å²) in [4.78, 5) is 9.91. The molecule has 3 aromatic heterocycles. The standard InChI is InChI=1S/C40H30N3O2.Pt/c1-40(2,3)27-21-25(20-26(22-27)33-16-9-10-19-41-33)29-15-11-17-34-38(29)42-39(43(34)28-12-5-4-6-13-28)32-24-37-31(23-35(32)44)30-14-7-8-18-36(30)45-37;/h4-19,21-24,44H,1-3H3;/q-1;. The van der Waals surface area contributed by atoms with Gasteiger partial charge in [0.25, 0.3) is 0 Å². The summed E-state index contributed by atoms with van der Waals surface area (Å²) < 4.78 is 8.33. The molecule has 8 aromatic rings. The molecule has 0 radical (unpaired) electrons. The summed E-state index contributed by atoms with van der Waals surface area (Å²) in [5, 5.41) is 13.3. The molecule has 0 atom stereocenters. The van der Waals surface area contributed by atoms with E-state index in [2.05, 4.69) is 78.9 Å². The normalized spacial score (nSPS) is 11.7. The second-order valence-corrected chi connectivity index (χ2v) is 12.4. The van der Waals surface area contributed by atoms with Gasteiger partial charge in [0.2, 0.25) is 0 Å². The van der Waals surface area contributed by atoms with Crippen molar-refractivity contribution in [1.29, 1.82) is 0 Å². The Morgan fingerprint density at radius 1 is 0.717 bits per heavy atom.